The number of anilines is 2. The second-order valence-electron chi connectivity index (χ2n) is 10.7. The molecule has 0 unspecified atom stereocenters. The predicted octanol–water partition coefficient (Wildman–Crippen LogP) is 6.36. The Labute approximate surface area is 225 Å². The van der Waals surface area contributed by atoms with Gasteiger partial charge in [0, 0.05) is 34.7 Å². The molecule has 1 heterocycles. The first kappa shape index (κ1) is 28.7. The molecule has 1 saturated carbocycles. The number of methoxy groups -OCH3 is 1. The monoisotopic (exact) mass is 549 g/mol. The fourth-order valence-corrected chi connectivity index (χ4v) is 5.36. The van der Waals surface area contributed by atoms with Crippen LogP contribution in [0.4, 0.5) is 29.1 Å². The van der Waals surface area contributed by atoms with Crippen molar-refractivity contribution >= 4 is 22.4 Å². The summed E-state index contributed by atoms with van der Waals surface area (Å²) in [6, 6.07) is 4.40. The number of halogens is 4. The molecule has 2 aromatic carbocycles. The molecule has 212 valence electrons. The molecule has 0 aliphatic heterocycles. The second-order valence-corrected chi connectivity index (χ2v) is 10.7. The van der Waals surface area contributed by atoms with Crippen molar-refractivity contribution in [1.82, 2.24) is 14.9 Å². The van der Waals surface area contributed by atoms with Gasteiger partial charge in [-0.1, -0.05) is 6.42 Å². The number of aryl methyl sites for hydroxylation is 1. The number of benzene rings is 2. The van der Waals surface area contributed by atoms with Crippen LogP contribution in [-0.2, 0) is 6.18 Å². The van der Waals surface area contributed by atoms with Crippen LogP contribution >= 0.6 is 0 Å². The van der Waals surface area contributed by atoms with E-state index in [1.54, 1.807) is 33.1 Å². The minimum Gasteiger partial charge on any atom is -0.493 e. The van der Waals surface area contributed by atoms with Crippen LogP contribution in [0.1, 0.15) is 56.1 Å². The van der Waals surface area contributed by atoms with Gasteiger partial charge in [0.05, 0.1) is 24.2 Å². The molecule has 7 nitrogen and oxygen atoms in total. The summed E-state index contributed by atoms with van der Waals surface area (Å²) in [7, 11) is 5.64. The molecule has 11 heteroatoms. The van der Waals surface area contributed by atoms with Gasteiger partial charge in [-0.15, -0.1) is 0 Å². The second kappa shape index (κ2) is 10.7. The predicted molar refractivity (Wildman–Crippen MR) is 144 cm³/mol. The fraction of sp³-hybridized carbons (Fsp3) is 0.500. The van der Waals surface area contributed by atoms with E-state index in [1.165, 1.54) is 6.07 Å². The summed E-state index contributed by atoms with van der Waals surface area (Å²) >= 11 is 0. The SMILES string of the molecule is COc1cc2nc(C)nc(N[C@H](C)c3cc(N)cc(C(F)(F)F)c3F)c2cc1O[C@H](C)C1(CN(C)C)CCC1. The van der Waals surface area contributed by atoms with Crippen molar-refractivity contribution < 1.29 is 27.0 Å². The number of hydrogen-bond donors (Lipinski definition) is 2. The molecule has 0 saturated heterocycles. The summed E-state index contributed by atoms with van der Waals surface area (Å²) < 4.78 is 67.2. The van der Waals surface area contributed by atoms with E-state index in [0.29, 0.717) is 40.1 Å². The highest BCUT2D eigenvalue weighted by Gasteiger charge is 2.44. The zero-order chi connectivity index (χ0) is 28.7. The maximum absolute atomic E-state index is 15.0. The summed E-state index contributed by atoms with van der Waals surface area (Å²) in [5.41, 5.74) is 4.44. The zero-order valence-electron chi connectivity index (χ0n) is 23.0. The number of alkyl halides is 3. The molecule has 1 aromatic heterocycles. The molecule has 1 aliphatic carbocycles. The van der Waals surface area contributed by atoms with Crippen molar-refractivity contribution in [3.63, 3.8) is 0 Å². The quantitative estimate of drug-likeness (QED) is 0.237. The number of nitrogen functional groups attached to an aromatic ring is 1. The highest BCUT2D eigenvalue weighted by Crippen LogP contribution is 2.47. The van der Waals surface area contributed by atoms with E-state index in [9.17, 15) is 17.6 Å². The summed E-state index contributed by atoms with van der Waals surface area (Å²) in [6.07, 6.45) is -1.73. The van der Waals surface area contributed by atoms with Gasteiger partial charge in [0.1, 0.15) is 23.6 Å². The number of nitrogens with zero attached hydrogens (tertiary/aromatic N) is 3. The van der Waals surface area contributed by atoms with Crippen LogP contribution in [0.15, 0.2) is 24.3 Å². The van der Waals surface area contributed by atoms with Crippen LogP contribution in [0.2, 0.25) is 0 Å². The van der Waals surface area contributed by atoms with Gasteiger partial charge in [-0.3, -0.25) is 0 Å². The lowest BCUT2D eigenvalue weighted by atomic mass is 9.65. The van der Waals surface area contributed by atoms with Crippen LogP contribution in [0, 0.1) is 18.2 Å². The Bertz CT molecular complexity index is 1360. The summed E-state index contributed by atoms with van der Waals surface area (Å²) in [5, 5.41) is 3.63. The maximum atomic E-state index is 15.0. The van der Waals surface area contributed by atoms with Gasteiger partial charge in [0.2, 0.25) is 0 Å². The van der Waals surface area contributed by atoms with Gasteiger partial charge in [-0.2, -0.15) is 13.2 Å². The Hall–Kier alpha value is -3.34. The highest BCUT2D eigenvalue weighted by atomic mass is 19.4. The normalized spacial score (nSPS) is 16.6. The Morgan fingerprint density at radius 3 is 2.36 bits per heavy atom. The molecule has 0 amide bonds. The zero-order valence-corrected chi connectivity index (χ0v) is 23.0. The van der Waals surface area contributed by atoms with Gasteiger partial charge < -0.3 is 25.4 Å². The number of hydrogen-bond acceptors (Lipinski definition) is 7. The Morgan fingerprint density at radius 2 is 1.79 bits per heavy atom. The largest absolute Gasteiger partial charge is 0.493 e. The number of aromatic nitrogens is 2. The third kappa shape index (κ3) is 5.83. The highest BCUT2D eigenvalue weighted by molar-refractivity contribution is 5.92. The number of nitrogens with two attached hydrogens (primary N) is 1. The third-order valence-electron chi connectivity index (χ3n) is 7.49. The Kier molecular flexibility index (Phi) is 7.84. The van der Waals surface area contributed by atoms with Crippen molar-refractivity contribution in [2.45, 2.75) is 58.4 Å². The number of fused-ring (bicyclic) bond motifs is 1. The van der Waals surface area contributed by atoms with Crippen molar-refractivity contribution in [3.8, 4) is 11.5 Å². The average molecular weight is 550 g/mol. The summed E-state index contributed by atoms with van der Waals surface area (Å²) in [6.45, 7) is 6.19. The molecule has 1 fully saturated rings. The van der Waals surface area contributed by atoms with E-state index in [1.807, 2.05) is 14.1 Å². The molecule has 0 radical (unpaired) electrons. The first-order chi connectivity index (χ1) is 18.2. The lowest BCUT2D eigenvalue weighted by molar-refractivity contribution is -0.140. The number of ether oxygens (including phenoxy) is 2. The molecule has 4 rings (SSSR count). The minimum absolute atomic E-state index is 0.0177. The standard InChI is InChI=1S/C28H35F4N5O2/c1-15(19-10-18(33)11-21(25(19)29)28(30,31)32)34-26-20-12-24(23(38-6)13-22(20)35-17(3)36-26)39-16(2)27(8-7-9-27)14-37(4)5/h10-13,15-16H,7-9,14,33H2,1-6H3,(H,34,35,36)/t15-,16-/m1/s1. The van der Waals surface area contributed by atoms with E-state index in [4.69, 9.17) is 15.2 Å². The van der Waals surface area contributed by atoms with E-state index in [2.05, 4.69) is 27.1 Å². The smallest absolute Gasteiger partial charge is 0.419 e. The van der Waals surface area contributed by atoms with Gasteiger partial charge in [-0.25, -0.2) is 14.4 Å². The lowest BCUT2D eigenvalue weighted by Gasteiger charge is -2.47. The van der Waals surface area contributed by atoms with Crippen LogP contribution in [0.3, 0.4) is 0 Å². The third-order valence-corrected chi connectivity index (χ3v) is 7.49. The molecular weight excluding hydrogens is 514 g/mol. The number of rotatable bonds is 9. The van der Waals surface area contributed by atoms with Crippen LogP contribution < -0.4 is 20.5 Å². The molecule has 3 N–H and O–H groups in total. The molecule has 0 bridgehead atoms. The molecule has 0 spiro atoms. The fourth-order valence-electron chi connectivity index (χ4n) is 5.36. The van der Waals surface area contributed by atoms with Crippen LogP contribution in [-0.4, -0.2) is 48.7 Å². The van der Waals surface area contributed by atoms with Crippen LogP contribution in [0.25, 0.3) is 10.9 Å². The summed E-state index contributed by atoms with van der Waals surface area (Å²) in [4.78, 5) is 11.1. The van der Waals surface area contributed by atoms with E-state index < -0.39 is 23.6 Å². The van der Waals surface area contributed by atoms with Crippen molar-refractivity contribution in [2.75, 3.05) is 38.8 Å². The van der Waals surface area contributed by atoms with Gasteiger partial charge in [-0.05, 0) is 65.9 Å². The molecule has 2 atom stereocenters. The summed E-state index contributed by atoms with van der Waals surface area (Å²) in [5.74, 6) is 0.373. The topological polar surface area (TPSA) is 85.5 Å². The molecule has 3 aromatic rings. The van der Waals surface area contributed by atoms with Crippen molar-refractivity contribution in [3.05, 3.63) is 47.0 Å². The lowest BCUT2D eigenvalue weighted by Crippen LogP contribution is -2.49. The number of nitrogens with one attached hydrogen (secondary N) is 1. The average Bonchev–Trinajstić information content (AvgIpc) is 2.81. The van der Waals surface area contributed by atoms with Gasteiger partial charge >= 0.3 is 6.18 Å². The van der Waals surface area contributed by atoms with Crippen molar-refractivity contribution in [2.24, 2.45) is 5.41 Å². The van der Waals surface area contributed by atoms with E-state index >= 15 is 0 Å². The minimum atomic E-state index is -4.88. The van der Waals surface area contributed by atoms with Gasteiger partial charge in [0.25, 0.3) is 0 Å². The molecule has 39 heavy (non-hydrogen) atoms. The first-order valence-corrected chi connectivity index (χ1v) is 12.8. The van der Waals surface area contributed by atoms with E-state index in [-0.39, 0.29) is 22.8 Å². The van der Waals surface area contributed by atoms with Crippen LogP contribution in [0.5, 0.6) is 11.5 Å². The Balaban J connectivity index is 1.73. The van der Waals surface area contributed by atoms with Crippen molar-refractivity contribution in [1.29, 1.82) is 0 Å². The Morgan fingerprint density at radius 1 is 1.10 bits per heavy atom. The first-order valence-electron chi connectivity index (χ1n) is 12.8. The van der Waals surface area contributed by atoms with E-state index in [0.717, 1.165) is 25.8 Å². The molecular formula is C28H35F4N5O2. The maximum Gasteiger partial charge on any atom is 0.419 e. The van der Waals surface area contributed by atoms with Gasteiger partial charge in [0.15, 0.2) is 11.5 Å². The molecule has 1 aliphatic rings.